The highest BCUT2D eigenvalue weighted by Gasteiger charge is 2.21. The van der Waals surface area contributed by atoms with E-state index < -0.39 is 0 Å². The molecule has 0 unspecified atom stereocenters. The van der Waals surface area contributed by atoms with Crippen molar-refractivity contribution in [3.63, 3.8) is 0 Å². The molecule has 1 rings (SSSR count). The van der Waals surface area contributed by atoms with Gasteiger partial charge in [-0.15, -0.1) is 0 Å². The molecule has 19 heavy (non-hydrogen) atoms. The Morgan fingerprint density at radius 2 is 1.95 bits per heavy atom. The fraction of sp³-hybridized carbons (Fsp3) is 0.938. The van der Waals surface area contributed by atoms with E-state index in [0.29, 0.717) is 12.1 Å². The number of nitrogens with zero attached hydrogens (tertiary/aromatic N) is 1. The molecule has 0 bridgehead atoms. The van der Waals surface area contributed by atoms with Gasteiger partial charge in [0, 0.05) is 12.6 Å². The van der Waals surface area contributed by atoms with E-state index >= 15 is 0 Å². The molecule has 1 aliphatic carbocycles. The third-order valence-electron chi connectivity index (χ3n) is 3.96. The molecule has 0 radical (unpaired) electrons. The third-order valence-corrected chi connectivity index (χ3v) is 3.96. The molecule has 3 heteroatoms. The molecule has 0 aliphatic heterocycles. The van der Waals surface area contributed by atoms with E-state index in [4.69, 9.17) is 10.00 Å². The summed E-state index contributed by atoms with van der Waals surface area (Å²) in [7, 11) is 0. The first-order valence-corrected chi connectivity index (χ1v) is 7.83. The molecule has 3 nitrogen and oxygen atoms in total. The van der Waals surface area contributed by atoms with Crippen molar-refractivity contribution in [2.45, 2.75) is 77.9 Å². The smallest absolute Gasteiger partial charge is 0.0683 e. The molecular weight excluding hydrogens is 236 g/mol. The molecule has 0 atom stereocenters. The zero-order chi connectivity index (χ0) is 14.1. The van der Waals surface area contributed by atoms with Crippen LogP contribution in [0, 0.1) is 16.7 Å². The summed E-state index contributed by atoms with van der Waals surface area (Å²) in [5.74, 6) is 0. The van der Waals surface area contributed by atoms with Crippen molar-refractivity contribution in [3.05, 3.63) is 0 Å². The standard InChI is InChI=1S/C16H30N2O/c1-4-11-18-14-6-8-15(9-7-14)19-12-5-10-16(2,3)13-17/h14-15,18H,4-12H2,1-3H3. The minimum absolute atomic E-state index is 0.203. The highest BCUT2D eigenvalue weighted by Crippen LogP contribution is 2.23. The van der Waals surface area contributed by atoms with Gasteiger partial charge in [-0.1, -0.05) is 6.92 Å². The average molecular weight is 266 g/mol. The first kappa shape index (κ1) is 16.5. The second kappa shape index (κ2) is 8.55. The quantitative estimate of drug-likeness (QED) is 0.682. The van der Waals surface area contributed by atoms with Crippen LogP contribution in [-0.4, -0.2) is 25.3 Å². The van der Waals surface area contributed by atoms with Crippen LogP contribution in [0.4, 0.5) is 0 Å². The van der Waals surface area contributed by atoms with Crippen LogP contribution in [0.3, 0.4) is 0 Å². The molecule has 1 N–H and O–H groups in total. The number of hydrogen-bond acceptors (Lipinski definition) is 3. The maximum absolute atomic E-state index is 8.94. The van der Waals surface area contributed by atoms with Crippen LogP contribution >= 0.6 is 0 Å². The predicted octanol–water partition coefficient (Wildman–Crippen LogP) is 3.64. The van der Waals surface area contributed by atoms with Crippen molar-refractivity contribution in [1.29, 1.82) is 5.26 Å². The lowest BCUT2D eigenvalue weighted by atomic mass is 9.90. The molecule has 0 spiro atoms. The summed E-state index contributed by atoms with van der Waals surface area (Å²) in [4.78, 5) is 0. The number of hydrogen-bond donors (Lipinski definition) is 1. The van der Waals surface area contributed by atoms with E-state index in [1.54, 1.807) is 0 Å². The molecule has 0 aromatic rings. The van der Waals surface area contributed by atoms with Gasteiger partial charge in [0.1, 0.15) is 0 Å². The van der Waals surface area contributed by atoms with Gasteiger partial charge in [-0.25, -0.2) is 0 Å². The molecule has 0 aromatic carbocycles. The van der Waals surface area contributed by atoms with E-state index in [9.17, 15) is 0 Å². The van der Waals surface area contributed by atoms with Gasteiger partial charge in [0.05, 0.1) is 17.6 Å². The highest BCUT2D eigenvalue weighted by molar-refractivity contribution is 4.91. The number of ether oxygens (including phenoxy) is 1. The highest BCUT2D eigenvalue weighted by atomic mass is 16.5. The second-order valence-corrected chi connectivity index (χ2v) is 6.40. The zero-order valence-corrected chi connectivity index (χ0v) is 12.9. The van der Waals surface area contributed by atoms with Crippen LogP contribution in [0.15, 0.2) is 0 Å². The normalized spacial score (nSPS) is 24.1. The molecular formula is C16H30N2O. The Hall–Kier alpha value is -0.590. The van der Waals surface area contributed by atoms with Gasteiger partial charge >= 0.3 is 0 Å². The van der Waals surface area contributed by atoms with Crippen LogP contribution < -0.4 is 5.32 Å². The van der Waals surface area contributed by atoms with Gasteiger partial charge in [0.25, 0.3) is 0 Å². The van der Waals surface area contributed by atoms with E-state index in [-0.39, 0.29) is 5.41 Å². The lowest BCUT2D eigenvalue weighted by Crippen LogP contribution is -2.35. The van der Waals surface area contributed by atoms with Gasteiger partial charge in [-0.3, -0.25) is 0 Å². The Morgan fingerprint density at radius 1 is 1.26 bits per heavy atom. The fourth-order valence-electron chi connectivity index (χ4n) is 2.60. The van der Waals surface area contributed by atoms with Gasteiger partial charge in [0.2, 0.25) is 0 Å². The van der Waals surface area contributed by atoms with Gasteiger partial charge in [0.15, 0.2) is 0 Å². The Morgan fingerprint density at radius 3 is 2.53 bits per heavy atom. The van der Waals surface area contributed by atoms with E-state index in [1.807, 2.05) is 13.8 Å². The molecule has 0 amide bonds. The average Bonchev–Trinajstić information content (AvgIpc) is 2.42. The molecule has 1 aliphatic rings. The number of nitrogens with one attached hydrogen (secondary N) is 1. The first-order valence-electron chi connectivity index (χ1n) is 7.83. The summed E-state index contributed by atoms with van der Waals surface area (Å²) in [5.41, 5.74) is -0.203. The number of nitriles is 1. The second-order valence-electron chi connectivity index (χ2n) is 6.40. The molecule has 0 heterocycles. The van der Waals surface area contributed by atoms with Gasteiger partial charge in [-0.05, 0) is 65.3 Å². The lowest BCUT2D eigenvalue weighted by Gasteiger charge is -2.29. The van der Waals surface area contributed by atoms with Crippen LogP contribution in [-0.2, 0) is 4.74 Å². The van der Waals surface area contributed by atoms with Crippen molar-refractivity contribution in [3.8, 4) is 6.07 Å². The third kappa shape index (κ3) is 6.94. The van der Waals surface area contributed by atoms with Crippen LogP contribution in [0.5, 0.6) is 0 Å². The molecule has 110 valence electrons. The monoisotopic (exact) mass is 266 g/mol. The summed E-state index contributed by atoms with van der Waals surface area (Å²) < 4.78 is 5.94. The van der Waals surface area contributed by atoms with Gasteiger partial charge < -0.3 is 10.1 Å². The summed E-state index contributed by atoms with van der Waals surface area (Å²) >= 11 is 0. The number of rotatable bonds is 8. The molecule has 0 aromatic heterocycles. The minimum atomic E-state index is -0.203. The largest absolute Gasteiger partial charge is 0.378 e. The predicted molar refractivity (Wildman–Crippen MR) is 78.9 cm³/mol. The van der Waals surface area contributed by atoms with Crippen LogP contribution in [0.2, 0.25) is 0 Å². The van der Waals surface area contributed by atoms with E-state index in [0.717, 1.165) is 26.0 Å². The zero-order valence-electron chi connectivity index (χ0n) is 12.9. The summed E-state index contributed by atoms with van der Waals surface area (Å²) in [6.45, 7) is 8.15. The molecule has 0 saturated heterocycles. The minimum Gasteiger partial charge on any atom is -0.378 e. The van der Waals surface area contributed by atoms with E-state index in [1.165, 1.54) is 32.1 Å². The summed E-state index contributed by atoms with van der Waals surface area (Å²) in [5, 5.41) is 12.5. The summed E-state index contributed by atoms with van der Waals surface area (Å²) in [6.07, 6.45) is 8.44. The maximum atomic E-state index is 8.94. The van der Waals surface area contributed by atoms with Crippen molar-refractivity contribution in [2.24, 2.45) is 5.41 Å². The first-order chi connectivity index (χ1) is 9.07. The van der Waals surface area contributed by atoms with Gasteiger partial charge in [-0.2, -0.15) is 5.26 Å². The van der Waals surface area contributed by atoms with Crippen molar-refractivity contribution in [2.75, 3.05) is 13.2 Å². The van der Waals surface area contributed by atoms with E-state index in [2.05, 4.69) is 18.3 Å². The molecule has 1 fully saturated rings. The Balaban J connectivity index is 2.05. The fourth-order valence-corrected chi connectivity index (χ4v) is 2.60. The summed E-state index contributed by atoms with van der Waals surface area (Å²) in [6, 6.07) is 3.05. The Kier molecular flexibility index (Phi) is 7.41. The SMILES string of the molecule is CCCNC1CCC(OCCCC(C)(C)C#N)CC1. The maximum Gasteiger partial charge on any atom is 0.0683 e. The lowest BCUT2D eigenvalue weighted by molar-refractivity contribution is 0.0186. The van der Waals surface area contributed by atoms with Crippen LogP contribution in [0.25, 0.3) is 0 Å². The Labute approximate surface area is 118 Å². The van der Waals surface area contributed by atoms with Crippen molar-refractivity contribution in [1.82, 2.24) is 5.32 Å². The molecule has 1 saturated carbocycles. The van der Waals surface area contributed by atoms with Crippen molar-refractivity contribution < 1.29 is 4.74 Å². The van der Waals surface area contributed by atoms with Crippen molar-refractivity contribution >= 4 is 0 Å². The Bertz CT molecular complexity index is 275. The topological polar surface area (TPSA) is 45.0 Å². The van der Waals surface area contributed by atoms with Crippen LogP contribution in [0.1, 0.15) is 65.7 Å².